The maximum absolute atomic E-state index is 13.6. The first-order chi connectivity index (χ1) is 15.3. The number of nitrogens with zero attached hydrogens (tertiary/aromatic N) is 1. The molecule has 0 aromatic heterocycles. The molecule has 0 heterocycles. The fourth-order valence-corrected chi connectivity index (χ4v) is 4.70. The number of nitrogens with one attached hydrogen (secondary N) is 1. The van der Waals surface area contributed by atoms with Crippen LogP contribution >= 0.6 is 23.2 Å². The normalized spacial score (nSPS) is 14.9. The number of hydrogen-bond acceptors (Lipinski definition) is 2. The van der Waals surface area contributed by atoms with Crippen LogP contribution in [0.5, 0.6) is 0 Å². The van der Waals surface area contributed by atoms with Crippen LogP contribution in [0.15, 0.2) is 36.4 Å². The molecule has 0 radical (unpaired) electrons. The zero-order chi connectivity index (χ0) is 23.3. The monoisotopic (exact) mass is 474 g/mol. The molecule has 0 spiro atoms. The lowest BCUT2D eigenvalue weighted by Gasteiger charge is -2.32. The maximum atomic E-state index is 13.6. The van der Waals surface area contributed by atoms with Gasteiger partial charge in [-0.25, -0.2) is 0 Å². The molecule has 32 heavy (non-hydrogen) atoms. The molecule has 3 rings (SSSR count). The second kappa shape index (κ2) is 11.2. The van der Waals surface area contributed by atoms with Crippen LogP contribution in [0.2, 0.25) is 10.0 Å². The van der Waals surface area contributed by atoms with Crippen LogP contribution in [0.3, 0.4) is 0 Å². The fraction of sp³-hybridized carbons (Fsp3) is 0.462. The summed E-state index contributed by atoms with van der Waals surface area (Å²) >= 11 is 12.3. The van der Waals surface area contributed by atoms with E-state index in [1.807, 2.05) is 45.0 Å². The van der Waals surface area contributed by atoms with E-state index in [9.17, 15) is 9.59 Å². The largest absolute Gasteiger partial charge is 0.352 e. The topological polar surface area (TPSA) is 49.4 Å². The van der Waals surface area contributed by atoms with E-state index in [0.29, 0.717) is 23.0 Å². The van der Waals surface area contributed by atoms with E-state index in [0.717, 1.165) is 47.9 Å². The lowest BCUT2D eigenvalue weighted by molar-refractivity contribution is -0.141. The fourth-order valence-electron chi connectivity index (χ4n) is 4.38. The van der Waals surface area contributed by atoms with E-state index in [2.05, 4.69) is 5.32 Å². The van der Waals surface area contributed by atoms with Crippen molar-refractivity contribution in [3.63, 3.8) is 0 Å². The molecule has 0 aliphatic heterocycles. The number of amides is 2. The number of aryl methyl sites for hydroxylation is 2. The Morgan fingerprint density at radius 1 is 1.06 bits per heavy atom. The van der Waals surface area contributed by atoms with E-state index in [-0.39, 0.29) is 24.3 Å². The highest BCUT2D eigenvalue weighted by Gasteiger charge is 2.30. The van der Waals surface area contributed by atoms with Gasteiger partial charge in [0.05, 0.1) is 16.5 Å². The van der Waals surface area contributed by atoms with Gasteiger partial charge < -0.3 is 10.2 Å². The second-order valence-electron chi connectivity index (χ2n) is 8.79. The highest BCUT2D eigenvalue weighted by atomic mass is 35.5. The molecular weight excluding hydrogens is 443 g/mol. The maximum Gasteiger partial charge on any atom is 0.243 e. The minimum atomic E-state index is -0.539. The second-order valence-corrected chi connectivity index (χ2v) is 9.61. The summed E-state index contributed by atoms with van der Waals surface area (Å²) < 4.78 is 0. The molecule has 1 aliphatic carbocycles. The van der Waals surface area contributed by atoms with Crippen molar-refractivity contribution in [3.05, 3.63) is 68.7 Å². The number of carbonyl (C=O) groups excluding carboxylic acids is 2. The Bertz CT molecular complexity index is 970. The minimum absolute atomic E-state index is 0.0711. The van der Waals surface area contributed by atoms with Crippen LogP contribution < -0.4 is 5.32 Å². The van der Waals surface area contributed by atoms with E-state index >= 15 is 0 Å². The van der Waals surface area contributed by atoms with Gasteiger partial charge in [-0.15, -0.1) is 0 Å². The third kappa shape index (κ3) is 6.26. The van der Waals surface area contributed by atoms with Gasteiger partial charge in [0.15, 0.2) is 0 Å². The molecule has 172 valence electrons. The summed E-state index contributed by atoms with van der Waals surface area (Å²) in [5, 5.41) is 4.08. The van der Waals surface area contributed by atoms with Gasteiger partial charge in [0, 0.05) is 12.6 Å². The van der Waals surface area contributed by atoms with Crippen LogP contribution in [0.4, 0.5) is 0 Å². The van der Waals surface area contributed by atoms with Gasteiger partial charge in [-0.3, -0.25) is 9.59 Å². The van der Waals surface area contributed by atoms with Gasteiger partial charge >= 0.3 is 0 Å². The molecule has 1 fully saturated rings. The Balaban J connectivity index is 1.87. The van der Waals surface area contributed by atoms with Crippen molar-refractivity contribution < 1.29 is 9.59 Å². The Morgan fingerprint density at radius 2 is 1.78 bits per heavy atom. The predicted molar refractivity (Wildman–Crippen MR) is 131 cm³/mol. The number of benzene rings is 2. The van der Waals surface area contributed by atoms with Gasteiger partial charge in [-0.1, -0.05) is 72.8 Å². The van der Waals surface area contributed by atoms with E-state index in [1.54, 1.807) is 17.0 Å². The van der Waals surface area contributed by atoms with Crippen LogP contribution in [0.25, 0.3) is 0 Å². The van der Waals surface area contributed by atoms with Crippen molar-refractivity contribution in [1.82, 2.24) is 10.2 Å². The highest BCUT2D eigenvalue weighted by Crippen LogP contribution is 2.25. The van der Waals surface area contributed by atoms with Crippen molar-refractivity contribution in [1.29, 1.82) is 0 Å². The molecular formula is C26H32Cl2N2O2. The molecule has 2 aromatic rings. The molecule has 4 nitrogen and oxygen atoms in total. The average Bonchev–Trinajstić information content (AvgIpc) is 3.26. The molecule has 1 saturated carbocycles. The molecule has 0 saturated heterocycles. The van der Waals surface area contributed by atoms with Gasteiger partial charge in [0.1, 0.15) is 6.04 Å². The molecule has 1 atom stereocenters. The average molecular weight is 475 g/mol. The molecule has 1 aliphatic rings. The number of hydrogen-bond donors (Lipinski definition) is 1. The third-order valence-electron chi connectivity index (χ3n) is 6.27. The van der Waals surface area contributed by atoms with Gasteiger partial charge in [-0.05, 0) is 61.9 Å². The quantitative estimate of drug-likeness (QED) is 0.508. The van der Waals surface area contributed by atoms with Crippen LogP contribution in [-0.4, -0.2) is 28.8 Å². The summed E-state index contributed by atoms with van der Waals surface area (Å²) in [6.07, 6.45) is 5.08. The molecule has 2 aromatic carbocycles. The molecule has 6 heteroatoms. The summed E-state index contributed by atoms with van der Waals surface area (Å²) in [5.41, 5.74) is 4.02. The standard InChI is InChI=1S/C26H32Cl2N2O2/c1-4-24(26(32)29-21-7-5-6-8-21)30(16-19-11-12-22(27)23(28)14-19)25(31)15-20-13-17(2)9-10-18(20)3/h9-14,21,24H,4-8,15-16H2,1-3H3,(H,29,32)/t24-/m1/s1. The van der Waals surface area contributed by atoms with Crippen molar-refractivity contribution in [2.45, 2.75) is 77.9 Å². The van der Waals surface area contributed by atoms with Crippen LogP contribution in [0.1, 0.15) is 61.3 Å². The Morgan fingerprint density at radius 3 is 2.44 bits per heavy atom. The van der Waals surface area contributed by atoms with Gasteiger partial charge in [0.2, 0.25) is 11.8 Å². The lowest BCUT2D eigenvalue weighted by atomic mass is 10.0. The number of carbonyl (C=O) groups is 2. The summed E-state index contributed by atoms with van der Waals surface area (Å²) in [6, 6.07) is 11.1. The zero-order valence-electron chi connectivity index (χ0n) is 19.1. The smallest absolute Gasteiger partial charge is 0.243 e. The van der Waals surface area contributed by atoms with Gasteiger partial charge in [-0.2, -0.15) is 0 Å². The summed E-state index contributed by atoms with van der Waals surface area (Å²) in [7, 11) is 0. The molecule has 1 N–H and O–H groups in total. The van der Waals surface area contributed by atoms with Crippen molar-refractivity contribution in [2.75, 3.05) is 0 Å². The Labute approximate surface area is 201 Å². The SMILES string of the molecule is CC[C@H](C(=O)NC1CCCC1)N(Cc1ccc(Cl)c(Cl)c1)C(=O)Cc1cc(C)ccc1C. The van der Waals surface area contributed by atoms with Crippen LogP contribution in [-0.2, 0) is 22.6 Å². The van der Waals surface area contributed by atoms with Gasteiger partial charge in [0.25, 0.3) is 0 Å². The highest BCUT2D eigenvalue weighted by molar-refractivity contribution is 6.42. The Kier molecular flexibility index (Phi) is 8.61. The van der Waals surface area contributed by atoms with E-state index < -0.39 is 6.04 Å². The number of halogens is 2. The molecule has 0 bridgehead atoms. The third-order valence-corrected chi connectivity index (χ3v) is 7.01. The lowest BCUT2D eigenvalue weighted by Crippen LogP contribution is -2.51. The molecule has 0 unspecified atom stereocenters. The predicted octanol–water partition coefficient (Wildman–Crippen LogP) is 6.02. The first-order valence-electron chi connectivity index (χ1n) is 11.4. The van der Waals surface area contributed by atoms with Crippen molar-refractivity contribution in [2.24, 2.45) is 0 Å². The van der Waals surface area contributed by atoms with Crippen molar-refractivity contribution in [3.8, 4) is 0 Å². The van der Waals surface area contributed by atoms with E-state index in [4.69, 9.17) is 23.2 Å². The summed E-state index contributed by atoms with van der Waals surface area (Å²) in [5.74, 6) is -0.146. The molecule has 2 amide bonds. The first kappa shape index (κ1) is 24.6. The Hall–Kier alpha value is -2.04. The van der Waals surface area contributed by atoms with E-state index in [1.165, 1.54) is 0 Å². The van der Waals surface area contributed by atoms with Crippen LogP contribution in [0, 0.1) is 13.8 Å². The summed E-state index contributed by atoms with van der Waals surface area (Å²) in [6.45, 7) is 6.28. The van der Waals surface area contributed by atoms with Crippen molar-refractivity contribution >= 4 is 35.0 Å². The number of rotatable bonds is 8. The zero-order valence-corrected chi connectivity index (χ0v) is 20.6. The minimum Gasteiger partial charge on any atom is -0.352 e. The summed E-state index contributed by atoms with van der Waals surface area (Å²) in [4.78, 5) is 28.5. The first-order valence-corrected chi connectivity index (χ1v) is 12.1.